The van der Waals surface area contributed by atoms with E-state index in [2.05, 4.69) is 0 Å². The minimum absolute atomic E-state index is 0.307. The molecule has 2 saturated carbocycles. The van der Waals surface area contributed by atoms with Crippen LogP contribution in [0.4, 0.5) is 0 Å². The first-order chi connectivity index (χ1) is 10.7. The molecule has 4 aliphatic rings. The van der Waals surface area contributed by atoms with Crippen LogP contribution in [0.1, 0.15) is 84.8 Å². The third-order valence-corrected chi connectivity index (χ3v) is 6.56. The topological polar surface area (TPSA) is 60.4 Å². The molecule has 112 valence electrons. The molecule has 4 heteroatoms. The van der Waals surface area contributed by atoms with Crippen molar-refractivity contribution < 1.29 is 8.83 Å². The lowest BCUT2D eigenvalue weighted by molar-refractivity contribution is 0.417. The highest BCUT2D eigenvalue weighted by atomic mass is 16.4. The third kappa shape index (κ3) is 1.15. The summed E-state index contributed by atoms with van der Waals surface area (Å²) < 4.78 is 11.4. The first-order valence-corrected chi connectivity index (χ1v) is 8.40. The van der Waals surface area contributed by atoms with Crippen LogP contribution in [-0.4, -0.2) is 0 Å². The van der Waals surface area contributed by atoms with E-state index in [1.807, 2.05) is 0 Å². The molecule has 0 aromatic carbocycles. The van der Waals surface area contributed by atoms with E-state index in [0.29, 0.717) is 34.4 Å². The van der Waals surface area contributed by atoms with Crippen molar-refractivity contribution in [2.75, 3.05) is 0 Å². The highest BCUT2D eigenvalue weighted by Gasteiger charge is 2.46. The Morgan fingerprint density at radius 3 is 1.50 bits per heavy atom. The van der Waals surface area contributed by atoms with E-state index in [4.69, 9.17) is 8.83 Å². The van der Waals surface area contributed by atoms with Crippen LogP contribution < -0.4 is 11.3 Å². The second-order valence-electron chi connectivity index (χ2n) is 7.50. The van der Waals surface area contributed by atoms with Crippen LogP contribution in [0.2, 0.25) is 0 Å². The van der Waals surface area contributed by atoms with Crippen LogP contribution in [0.15, 0.2) is 18.4 Å². The lowest BCUT2D eigenvalue weighted by Gasteiger charge is -2.19. The average Bonchev–Trinajstić information content (AvgIpc) is 3.27. The predicted molar refractivity (Wildman–Crippen MR) is 79.7 cm³/mol. The van der Waals surface area contributed by atoms with Gasteiger partial charge in [-0.15, -0.1) is 0 Å². The van der Waals surface area contributed by atoms with E-state index in [0.717, 1.165) is 61.2 Å². The van der Waals surface area contributed by atoms with E-state index in [1.165, 1.54) is 0 Å². The van der Waals surface area contributed by atoms with Crippen LogP contribution >= 0.6 is 0 Å². The first kappa shape index (κ1) is 11.7. The zero-order valence-corrected chi connectivity index (χ0v) is 12.2. The minimum Gasteiger partial charge on any atom is -0.427 e. The fourth-order valence-electron chi connectivity index (χ4n) is 5.73. The van der Waals surface area contributed by atoms with Gasteiger partial charge >= 0.3 is 11.3 Å². The van der Waals surface area contributed by atoms with Crippen molar-refractivity contribution in [3.8, 4) is 0 Å². The molecule has 4 bridgehead atoms. The maximum absolute atomic E-state index is 12.7. The fraction of sp³-hybridized carbons (Fsp3) is 0.556. The van der Waals surface area contributed by atoms with Crippen molar-refractivity contribution in [3.63, 3.8) is 0 Å². The molecule has 0 unspecified atom stereocenters. The molecule has 4 aliphatic carbocycles. The number of fused-ring (bicyclic) bond motifs is 13. The molecule has 0 amide bonds. The molecule has 2 aromatic rings. The van der Waals surface area contributed by atoms with Crippen molar-refractivity contribution in [1.82, 2.24) is 0 Å². The van der Waals surface area contributed by atoms with Gasteiger partial charge in [0.2, 0.25) is 0 Å². The van der Waals surface area contributed by atoms with Crippen molar-refractivity contribution in [1.29, 1.82) is 0 Å². The lowest BCUT2D eigenvalue weighted by atomic mass is 9.89. The Kier molecular flexibility index (Phi) is 1.89. The summed E-state index contributed by atoms with van der Waals surface area (Å²) >= 11 is 0. The molecule has 2 heterocycles. The molecular formula is C18H16O4. The first-order valence-electron chi connectivity index (χ1n) is 8.40. The zero-order chi connectivity index (χ0) is 14.6. The molecule has 2 fully saturated rings. The molecule has 0 aliphatic heterocycles. The van der Waals surface area contributed by atoms with Crippen LogP contribution in [-0.2, 0) is 0 Å². The molecule has 6 rings (SSSR count). The number of rotatable bonds is 0. The molecule has 22 heavy (non-hydrogen) atoms. The van der Waals surface area contributed by atoms with Gasteiger partial charge in [-0.25, -0.2) is 9.59 Å². The minimum atomic E-state index is -0.307. The van der Waals surface area contributed by atoms with Crippen LogP contribution in [0.25, 0.3) is 10.8 Å². The number of hydrogen-bond acceptors (Lipinski definition) is 4. The van der Waals surface area contributed by atoms with Crippen molar-refractivity contribution in [2.24, 2.45) is 0 Å². The SMILES string of the molecule is O=c1oc2c(c3c(=O)oc4c(c13)[C@@H]1CC[C@@H]4C1)[C@@H]1CC[C@H]2C1. The Balaban J connectivity index is 1.83. The Morgan fingerprint density at radius 2 is 1.05 bits per heavy atom. The van der Waals surface area contributed by atoms with E-state index in [9.17, 15) is 9.59 Å². The largest absolute Gasteiger partial charge is 0.427 e. The van der Waals surface area contributed by atoms with Gasteiger partial charge in [-0.3, -0.25) is 0 Å². The van der Waals surface area contributed by atoms with Crippen molar-refractivity contribution in [2.45, 2.75) is 62.2 Å². The van der Waals surface area contributed by atoms with Gasteiger partial charge in [0, 0.05) is 23.0 Å². The Labute approximate surface area is 126 Å². The Morgan fingerprint density at radius 1 is 0.636 bits per heavy atom. The molecule has 4 atom stereocenters. The Bertz CT molecular complexity index is 884. The van der Waals surface area contributed by atoms with Gasteiger partial charge in [0.1, 0.15) is 11.5 Å². The lowest BCUT2D eigenvalue weighted by Crippen LogP contribution is -2.18. The van der Waals surface area contributed by atoms with Gasteiger partial charge in [-0.05, 0) is 50.4 Å². The summed E-state index contributed by atoms with van der Waals surface area (Å²) in [5.41, 5.74) is 1.39. The van der Waals surface area contributed by atoms with Crippen molar-refractivity contribution in [3.05, 3.63) is 43.5 Å². The monoisotopic (exact) mass is 296 g/mol. The van der Waals surface area contributed by atoms with Gasteiger partial charge in [-0.2, -0.15) is 0 Å². The molecular weight excluding hydrogens is 280 g/mol. The van der Waals surface area contributed by atoms with Crippen LogP contribution in [0.5, 0.6) is 0 Å². The fourth-order valence-corrected chi connectivity index (χ4v) is 5.73. The van der Waals surface area contributed by atoms with Crippen LogP contribution in [0.3, 0.4) is 0 Å². The highest BCUT2D eigenvalue weighted by molar-refractivity contribution is 5.89. The summed E-state index contributed by atoms with van der Waals surface area (Å²) in [4.78, 5) is 25.3. The summed E-state index contributed by atoms with van der Waals surface area (Å²) in [5, 5.41) is 1.12. The van der Waals surface area contributed by atoms with Gasteiger partial charge in [-0.1, -0.05) is 0 Å². The normalized spacial score (nSPS) is 33.6. The average molecular weight is 296 g/mol. The highest BCUT2D eigenvalue weighted by Crippen LogP contribution is 2.57. The van der Waals surface area contributed by atoms with Crippen molar-refractivity contribution >= 4 is 10.8 Å². The quantitative estimate of drug-likeness (QED) is 0.746. The van der Waals surface area contributed by atoms with Gasteiger partial charge in [0.25, 0.3) is 0 Å². The summed E-state index contributed by atoms with van der Waals surface area (Å²) in [7, 11) is 0. The second kappa shape index (κ2) is 3.55. The van der Waals surface area contributed by atoms with Crippen LogP contribution in [0, 0.1) is 0 Å². The van der Waals surface area contributed by atoms with Gasteiger partial charge < -0.3 is 8.83 Å². The van der Waals surface area contributed by atoms with E-state index in [-0.39, 0.29) is 11.3 Å². The van der Waals surface area contributed by atoms with E-state index >= 15 is 0 Å². The summed E-state index contributed by atoms with van der Waals surface area (Å²) in [6.07, 6.45) is 6.41. The molecule has 0 saturated heterocycles. The molecule has 0 radical (unpaired) electrons. The number of hydrogen-bond donors (Lipinski definition) is 0. The standard InChI is InChI=1S/C18H16O4/c19-17-13-11-7-1-3-9(5-7)15(11)21-18(20)14(13)12-8-2-4-10(6-8)16(12)22-17/h7-10H,1-6H2/t7-,8-,9-,10+/m1/s1. The zero-order valence-electron chi connectivity index (χ0n) is 12.2. The molecule has 0 N–H and O–H groups in total. The summed E-state index contributed by atoms with van der Waals surface area (Å²) in [6.45, 7) is 0. The van der Waals surface area contributed by atoms with E-state index in [1.54, 1.807) is 0 Å². The molecule has 0 spiro atoms. The second-order valence-corrected chi connectivity index (χ2v) is 7.50. The Hall–Kier alpha value is -1.84. The maximum atomic E-state index is 12.7. The smallest absolute Gasteiger partial charge is 0.344 e. The molecule has 4 nitrogen and oxygen atoms in total. The van der Waals surface area contributed by atoms with E-state index < -0.39 is 0 Å². The van der Waals surface area contributed by atoms with Gasteiger partial charge in [0.15, 0.2) is 0 Å². The van der Waals surface area contributed by atoms with Gasteiger partial charge in [0.05, 0.1) is 10.8 Å². The predicted octanol–water partition coefficient (Wildman–Crippen LogP) is 3.48. The summed E-state index contributed by atoms with van der Waals surface area (Å²) in [5.74, 6) is 2.99. The third-order valence-electron chi connectivity index (χ3n) is 6.56. The summed E-state index contributed by atoms with van der Waals surface area (Å²) in [6, 6.07) is 0. The molecule has 2 aromatic heterocycles. The maximum Gasteiger partial charge on any atom is 0.344 e.